The van der Waals surface area contributed by atoms with Gasteiger partial charge in [0.05, 0.1) is 11.5 Å². The van der Waals surface area contributed by atoms with Crippen LogP contribution in [0.2, 0.25) is 0 Å². The van der Waals surface area contributed by atoms with E-state index in [9.17, 15) is 8.42 Å². The molecule has 114 valence electrons. The van der Waals surface area contributed by atoms with Gasteiger partial charge in [0.2, 0.25) is 10.0 Å². The van der Waals surface area contributed by atoms with Gasteiger partial charge in [-0.15, -0.1) is 0 Å². The summed E-state index contributed by atoms with van der Waals surface area (Å²) in [6.07, 6.45) is 4.32. The zero-order valence-corrected chi connectivity index (χ0v) is 13.0. The molecule has 0 radical (unpaired) electrons. The highest BCUT2D eigenvalue weighted by Crippen LogP contribution is 2.30. The number of hydrogen-bond acceptors (Lipinski definition) is 3. The minimum atomic E-state index is -3.48. The Kier molecular flexibility index (Phi) is 5.04. The summed E-state index contributed by atoms with van der Waals surface area (Å²) in [7, 11) is -3.48. The summed E-state index contributed by atoms with van der Waals surface area (Å²) in [6.45, 7) is 1.99. The van der Waals surface area contributed by atoms with Gasteiger partial charge < -0.3 is 5.11 Å². The molecule has 1 fully saturated rings. The van der Waals surface area contributed by atoms with Gasteiger partial charge in [-0.3, -0.25) is 0 Å². The third kappa shape index (κ3) is 4.31. The van der Waals surface area contributed by atoms with Crippen molar-refractivity contribution in [3.63, 3.8) is 0 Å². The van der Waals surface area contributed by atoms with Crippen LogP contribution in [-0.4, -0.2) is 25.7 Å². The molecule has 1 saturated carbocycles. The van der Waals surface area contributed by atoms with Crippen molar-refractivity contribution in [2.75, 3.05) is 6.61 Å². The minimum Gasteiger partial charge on any atom is -0.395 e. The molecule has 4 nitrogen and oxygen atoms in total. The summed E-state index contributed by atoms with van der Waals surface area (Å²) >= 11 is 0. The van der Waals surface area contributed by atoms with E-state index in [0.717, 1.165) is 31.2 Å². The molecule has 0 atom stereocenters. The van der Waals surface area contributed by atoms with Crippen LogP contribution in [0.3, 0.4) is 0 Å². The molecule has 0 bridgehead atoms. The Balaban J connectivity index is 2.12. The van der Waals surface area contributed by atoms with Crippen molar-refractivity contribution in [2.45, 2.75) is 49.5 Å². The molecular weight excluding hydrogens is 286 g/mol. The number of aliphatic hydroxyl groups excluding tert-OH is 1. The molecule has 1 aliphatic rings. The maximum atomic E-state index is 12.4. The third-order valence-electron chi connectivity index (χ3n) is 3.72. The number of hydrogen-bond donors (Lipinski definition) is 2. The molecular formula is C16H21NO3S. The topological polar surface area (TPSA) is 66.4 Å². The Labute approximate surface area is 126 Å². The van der Waals surface area contributed by atoms with Crippen LogP contribution in [0, 0.1) is 11.8 Å². The second kappa shape index (κ2) is 6.61. The first-order valence-electron chi connectivity index (χ1n) is 7.19. The van der Waals surface area contributed by atoms with E-state index in [-0.39, 0.29) is 17.0 Å². The van der Waals surface area contributed by atoms with Crippen LogP contribution < -0.4 is 4.72 Å². The Morgan fingerprint density at radius 2 is 1.86 bits per heavy atom. The molecule has 1 aromatic rings. The second-order valence-corrected chi connectivity index (χ2v) is 7.36. The Morgan fingerprint density at radius 1 is 1.24 bits per heavy atom. The number of nitrogens with one attached hydrogen (secondary N) is 1. The van der Waals surface area contributed by atoms with Gasteiger partial charge in [-0.25, -0.2) is 13.1 Å². The lowest BCUT2D eigenvalue weighted by Gasteiger charge is -2.24. The minimum absolute atomic E-state index is 0.0297. The SMILES string of the molecule is CC1(NS(=O)(=O)c2ccc(C#CCCO)cc2)CCCC1. The number of rotatable bonds is 4. The fourth-order valence-electron chi connectivity index (χ4n) is 2.58. The summed E-state index contributed by atoms with van der Waals surface area (Å²) in [5.74, 6) is 5.69. The van der Waals surface area contributed by atoms with Gasteiger partial charge in [-0.1, -0.05) is 24.7 Å². The van der Waals surface area contributed by atoms with Crippen LogP contribution >= 0.6 is 0 Å². The molecule has 0 aromatic heterocycles. The molecule has 5 heteroatoms. The number of benzene rings is 1. The average molecular weight is 307 g/mol. The molecule has 1 aromatic carbocycles. The number of aliphatic hydroxyl groups is 1. The van der Waals surface area contributed by atoms with Crippen LogP contribution in [0.5, 0.6) is 0 Å². The lowest BCUT2D eigenvalue weighted by Crippen LogP contribution is -2.43. The highest BCUT2D eigenvalue weighted by atomic mass is 32.2. The van der Waals surface area contributed by atoms with Gasteiger partial charge in [-0.2, -0.15) is 0 Å². The zero-order chi connectivity index (χ0) is 15.3. The van der Waals surface area contributed by atoms with E-state index in [2.05, 4.69) is 16.6 Å². The van der Waals surface area contributed by atoms with E-state index in [0.29, 0.717) is 6.42 Å². The summed E-state index contributed by atoms with van der Waals surface area (Å²) in [5.41, 5.74) is 0.424. The largest absolute Gasteiger partial charge is 0.395 e. The van der Waals surface area contributed by atoms with Crippen molar-refractivity contribution in [2.24, 2.45) is 0 Å². The lowest BCUT2D eigenvalue weighted by atomic mass is 10.0. The summed E-state index contributed by atoms with van der Waals surface area (Å²) in [6, 6.07) is 6.53. The molecule has 0 unspecified atom stereocenters. The van der Waals surface area contributed by atoms with Crippen molar-refractivity contribution in [3.8, 4) is 11.8 Å². The van der Waals surface area contributed by atoms with E-state index in [1.54, 1.807) is 24.3 Å². The van der Waals surface area contributed by atoms with E-state index in [1.165, 1.54) is 0 Å². The molecule has 0 heterocycles. The molecule has 0 saturated heterocycles. The lowest BCUT2D eigenvalue weighted by molar-refractivity contribution is 0.305. The van der Waals surface area contributed by atoms with E-state index >= 15 is 0 Å². The highest BCUT2D eigenvalue weighted by molar-refractivity contribution is 7.89. The molecule has 0 spiro atoms. The second-order valence-electron chi connectivity index (χ2n) is 5.67. The third-order valence-corrected chi connectivity index (χ3v) is 5.38. The van der Waals surface area contributed by atoms with Gasteiger partial charge in [0.25, 0.3) is 0 Å². The standard InChI is InChI=1S/C16H21NO3S/c1-16(11-3-4-12-16)17-21(19,20)15-9-7-14(8-10-15)6-2-5-13-18/h7-10,17-18H,3-5,11-13H2,1H3. The van der Waals surface area contributed by atoms with Crippen LogP contribution in [-0.2, 0) is 10.0 Å². The summed E-state index contributed by atoms with van der Waals surface area (Å²) in [5, 5.41) is 8.66. The Morgan fingerprint density at radius 3 is 2.43 bits per heavy atom. The van der Waals surface area contributed by atoms with Gasteiger partial charge in [-0.05, 0) is 44.0 Å². The van der Waals surface area contributed by atoms with Gasteiger partial charge in [0.1, 0.15) is 0 Å². The highest BCUT2D eigenvalue weighted by Gasteiger charge is 2.33. The average Bonchev–Trinajstić information content (AvgIpc) is 2.85. The number of sulfonamides is 1. The van der Waals surface area contributed by atoms with Crippen molar-refractivity contribution in [1.82, 2.24) is 4.72 Å². The zero-order valence-electron chi connectivity index (χ0n) is 12.2. The first-order chi connectivity index (χ1) is 9.95. The maximum Gasteiger partial charge on any atom is 0.241 e. The smallest absolute Gasteiger partial charge is 0.241 e. The van der Waals surface area contributed by atoms with Crippen molar-refractivity contribution in [3.05, 3.63) is 29.8 Å². The van der Waals surface area contributed by atoms with Gasteiger partial charge >= 0.3 is 0 Å². The molecule has 21 heavy (non-hydrogen) atoms. The van der Waals surface area contributed by atoms with E-state index in [1.807, 2.05) is 6.92 Å². The first-order valence-corrected chi connectivity index (χ1v) is 8.67. The fourth-order valence-corrected chi connectivity index (χ4v) is 4.04. The Bertz CT molecular complexity index is 632. The van der Waals surface area contributed by atoms with Crippen LogP contribution in [0.25, 0.3) is 0 Å². The van der Waals surface area contributed by atoms with Crippen molar-refractivity contribution < 1.29 is 13.5 Å². The van der Waals surface area contributed by atoms with Crippen molar-refractivity contribution >= 4 is 10.0 Å². The first kappa shape index (κ1) is 16.0. The van der Waals surface area contributed by atoms with Crippen LogP contribution in [0.1, 0.15) is 44.6 Å². The summed E-state index contributed by atoms with van der Waals surface area (Å²) in [4.78, 5) is 0.267. The van der Waals surface area contributed by atoms with Crippen LogP contribution in [0.15, 0.2) is 29.2 Å². The van der Waals surface area contributed by atoms with E-state index < -0.39 is 10.0 Å². The molecule has 2 rings (SSSR count). The molecule has 1 aliphatic carbocycles. The molecule has 0 aliphatic heterocycles. The van der Waals surface area contributed by atoms with Gasteiger partial charge in [0.15, 0.2) is 0 Å². The van der Waals surface area contributed by atoms with Crippen molar-refractivity contribution in [1.29, 1.82) is 0 Å². The predicted octanol–water partition coefficient (Wildman–Crippen LogP) is 2.03. The predicted molar refractivity (Wildman–Crippen MR) is 82.2 cm³/mol. The van der Waals surface area contributed by atoms with E-state index in [4.69, 9.17) is 5.11 Å². The normalized spacial score (nSPS) is 17.2. The molecule has 2 N–H and O–H groups in total. The molecule has 0 amide bonds. The van der Waals surface area contributed by atoms with Gasteiger partial charge in [0, 0.05) is 17.5 Å². The Hall–Kier alpha value is -1.35. The maximum absolute atomic E-state index is 12.4. The van der Waals surface area contributed by atoms with Crippen LogP contribution in [0.4, 0.5) is 0 Å². The quantitative estimate of drug-likeness (QED) is 0.837. The summed E-state index contributed by atoms with van der Waals surface area (Å²) < 4.78 is 27.6. The monoisotopic (exact) mass is 307 g/mol. The fraction of sp³-hybridized carbons (Fsp3) is 0.500.